The Kier molecular flexibility index (Phi) is 33.1. The van der Waals surface area contributed by atoms with Crippen LogP contribution in [0.5, 0.6) is 0 Å². The first kappa shape index (κ1) is 57.4. The molecule has 0 aliphatic carbocycles. The van der Waals surface area contributed by atoms with Crippen LogP contribution >= 0.6 is 0 Å². The maximum Gasteiger partial charge on any atom is 0.306 e. The lowest BCUT2D eigenvalue weighted by atomic mass is 9.98. The summed E-state index contributed by atoms with van der Waals surface area (Å²) in [4.78, 5) is 25.7. The summed E-state index contributed by atoms with van der Waals surface area (Å²) in [7, 11) is 0. The number of unbranched alkanes of at least 4 members (excludes halogenated alkanes) is 22. The molecule has 0 aromatic heterocycles. The molecular formula is C48H88O15. The van der Waals surface area contributed by atoms with E-state index in [9.17, 15) is 45.3 Å². The Morgan fingerprint density at radius 2 is 0.905 bits per heavy atom. The normalized spacial score (nSPS) is 26.9. The van der Waals surface area contributed by atoms with Crippen molar-refractivity contribution in [3.63, 3.8) is 0 Å². The van der Waals surface area contributed by atoms with E-state index in [1.807, 2.05) is 0 Å². The van der Waals surface area contributed by atoms with Gasteiger partial charge in [0.15, 0.2) is 18.7 Å². The van der Waals surface area contributed by atoms with Crippen LogP contribution in [-0.2, 0) is 38.0 Å². The molecule has 0 bridgehead atoms. The minimum Gasteiger partial charge on any atom is -0.462 e. The van der Waals surface area contributed by atoms with Crippen LogP contribution in [0, 0.1) is 0 Å². The molecule has 2 heterocycles. The standard InChI is InChI=1S/C48H88O15/c1-3-5-7-9-11-13-15-17-19-20-22-24-26-28-30-39(50)58-33-36(61-40(51)31-29-27-25-23-21-18-16-14-12-10-8-6-4-2)34-59-47-46(57)44(55)42(53)38(63-47)35-60-48-45(56)43(54)41(52)37(32-49)62-48/h15,17,36-38,41-49,52-57H,3-14,16,18-35H2,1-2H3/b17-15+/t36-,37-,38-,41+,42+,43?,44?,45?,46?,47-,48-/m1/s1. The zero-order valence-electron chi connectivity index (χ0n) is 38.8. The van der Waals surface area contributed by atoms with Crippen molar-refractivity contribution in [3.05, 3.63) is 12.2 Å². The Morgan fingerprint density at radius 3 is 1.40 bits per heavy atom. The van der Waals surface area contributed by atoms with Gasteiger partial charge in [-0.05, 0) is 38.5 Å². The largest absolute Gasteiger partial charge is 0.462 e. The third-order valence-corrected chi connectivity index (χ3v) is 12.0. The summed E-state index contributed by atoms with van der Waals surface area (Å²) in [6, 6.07) is 0. The highest BCUT2D eigenvalue weighted by Gasteiger charge is 2.47. The highest BCUT2D eigenvalue weighted by molar-refractivity contribution is 5.70. The smallest absolute Gasteiger partial charge is 0.306 e. The third-order valence-electron chi connectivity index (χ3n) is 12.0. The Bertz CT molecular complexity index is 1160. The van der Waals surface area contributed by atoms with Crippen LogP contribution in [0.4, 0.5) is 0 Å². The summed E-state index contributed by atoms with van der Waals surface area (Å²) in [6.07, 6.45) is 16.7. The summed E-state index contributed by atoms with van der Waals surface area (Å²) in [5.41, 5.74) is 0. The Balaban J connectivity index is 1.83. The molecule has 15 heteroatoms. The van der Waals surface area contributed by atoms with E-state index in [0.717, 1.165) is 57.8 Å². The Hall–Kier alpha value is -1.76. The molecule has 2 aliphatic heterocycles. The lowest BCUT2D eigenvalue weighted by Crippen LogP contribution is -2.61. The second-order valence-electron chi connectivity index (χ2n) is 17.6. The van der Waals surface area contributed by atoms with E-state index in [1.54, 1.807) is 0 Å². The van der Waals surface area contributed by atoms with Crippen molar-refractivity contribution in [3.8, 4) is 0 Å². The van der Waals surface area contributed by atoms with Crippen LogP contribution in [0.1, 0.15) is 187 Å². The highest BCUT2D eigenvalue weighted by atomic mass is 16.7. The molecule has 63 heavy (non-hydrogen) atoms. The number of ether oxygens (including phenoxy) is 6. The molecule has 2 rings (SSSR count). The summed E-state index contributed by atoms with van der Waals surface area (Å²) < 4.78 is 33.5. The van der Waals surface area contributed by atoms with Crippen LogP contribution in [-0.4, -0.2) is 142 Å². The molecule has 2 aliphatic rings. The quantitative estimate of drug-likeness (QED) is 0.0208. The molecule has 7 N–H and O–H groups in total. The monoisotopic (exact) mass is 905 g/mol. The third kappa shape index (κ3) is 25.1. The van der Waals surface area contributed by atoms with Gasteiger partial charge in [-0.3, -0.25) is 9.59 Å². The van der Waals surface area contributed by atoms with Gasteiger partial charge in [0.1, 0.15) is 55.4 Å². The topological polar surface area (TPSA) is 231 Å². The number of esters is 2. The van der Waals surface area contributed by atoms with Gasteiger partial charge in [-0.2, -0.15) is 0 Å². The van der Waals surface area contributed by atoms with Gasteiger partial charge in [-0.1, -0.05) is 148 Å². The van der Waals surface area contributed by atoms with Gasteiger partial charge in [0.25, 0.3) is 0 Å². The second kappa shape index (κ2) is 36.4. The number of aliphatic hydroxyl groups excluding tert-OH is 7. The summed E-state index contributed by atoms with van der Waals surface area (Å²) in [5, 5.41) is 71.9. The van der Waals surface area contributed by atoms with Crippen LogP contribution < -0.4 is 0 Å². The zero-order chi connectivity index (χ0) is 46.1. The minimum absolute atomic E-state index is 0.169. The van der Waals surface area contributed by atoms with Crippen LogP contribution in [0.3, 0.4) is 0 Å². The molecule has 0 radical (unpaired) electrons. The van der Waals surface area contributed by atoms with Crippen molar-refractivity contribution in [2.24, 2.45) is 0 Å². The molecule has 0 saturated carbocycles. The van der Waals surface area contributed by atoms with E-state index in [2.05, 4.69) is 26.0 Å². The Labute approximate surface area is 378 Å². The summed E-state index contributed by atoms with van der Waals surface area (Å²) >= 11 is 0. The number of aliphatic hydroxyl groups is 7. The number of hydrogen-bond donors (Lipinski definition) is 7. The minimum atomic E-state index is -1.76. The zero-order valence-corrected chi connectivity index (χ0v) is 38.8. The molecule has 15 nitrogen and oxygen atoms in total. The van der Waals surface area contributed by atoms with E-state index in [1.165, 1.54) is 89.9 Å². The molecule has 370 valence electrons. The molecular weight excluding hydrogens is 817 g/mol. The molecule has 0 aromatic rings. The highest BCUT2D eigenvalue weighted by Crippen LogP contribution is 2.26. The first-order valence-corrected chi connectivity index (χ1v) is 24.8. The van der Waals surface area contributed by atoms with Crippen molar-refractivity contribution in [1.82, 2.24) is 0 Å². The fourth-order valence-corrected chi connectivity index (χ4v) is 7.86. The molecule has 2 saturated heterocycles. The number of allylic oxidation sites excluding steroid dienone is 2. The molecule has 2 fully saturated rings. The van der Waals surface area contributed by atoms with E-state index in [0.29, 0.717) is 12.8 Å². The van der Waals surface area contributed by atoms with Crippen LogP contribution in [0.15, 0.2) is 12.2 Å². The fraction of sp³-hybridized carbons (Fsp3) is 0.917. The summed E-state index contributed by atoms with van der Waals surface area (Å²) in [5.74, 6) is -0.928. The first-order chi connectivity index (χ1) is 30.5. The van der Waals surface area contributed by atoms with Gasteiger partial charge in [0, 0.05) is 12.8 Å². The number of rotatable bonds is 38. The molecule has 0 amide bonds. The molecule has 0 spiro atoms. The molecule has 11 atom stereocenters. The van der Waals surface area contributed by atoms with Gasteiger partial charge < -0.3 is 64.2 Å². The van der Waals surface area contributed by atoms with Gasteiger partial charge in [-0.15, -0.1) is 0 Å². The predicted octanol–water partition coefficient (Wildman–Crippen LogP) is 6.21. The van der Waals surface area contributed by atoms with E-state index in [-0.39, 0.29) is 26.1 Å². The number of hydrogen-bond acceptors (Lipinski definition) is 15. The molecule has 4 unspecified atom stereocenters. The SMILES string of the molecule is CCCCCCC/C=C/CCCCCCCC(=O)OC[C@H](CO[C@@H]1O[C@H](CO[C@@H]2O[C@H](CO)[C@H](O)C(O)C2O)[C@H](O)C(O)C1O)OC(=O)CCCCCCCCCCCCCCC. The first-order valence-electron chi connectivity index (χ1n) is 24.8. The van der Waals surface area contributed by atoms with E-state index in [4.69, 9.17) is 28.4 Å². The maximum absolute atomic E-state index is 13.0. The van der Waals surface area contributed by atoms with E-state index < -0.39 is 92.7 Å². The number of carbonyl (C=O) groups is 2. The lowest BCUT2D eigenvalue weighted by Gasteiger charge is -2.42. The van der Waals surface area contributed by atoms with E-state index >= 15 is 0 Å². The average molecular weight is 905 g/mol. The number of carbonyl (C=O) groups excluding carboxylic acids is 2. The van der Waals surface area contributed by atoms with Crippen molar-refractivity contribution in [2.75, 3.05) is 26.4 Å². The van der Waals surface area contributed by atoms with Crippen molar-refractivity contribution >= 4 is 11.9 Å². The van der Waals surface area contributed by atoms with Crippen molar-refractivity contribution in [1.29, 1.82) is 0 Å². The molecule has 0 aromatic carbocycles. The van der Waals surface area contributed by atoms with Crippen molar-refractivity contribution < 1.29 is 73.8 Å². The van der Waals surface area contributed by atoms with Crippen LogP contribution in [0.2, 0.25) is 0 Å². The Morgan fingerprint density at radius 1 is 0.492 bits per heavy atom. The van der Waals surface area contributed by atoms with Gasteiger partial charge in [0.05, 0.1) is 19.8 Å². The summed E-state index contributed by atoms with van der Waals surface area (Å²) in [6.45, 7) is 2.57. The predicted molar refractivity (Wildman–Crippen MR) is 238 cm³/mol. The fourth-order valence-electron chi connectivity index (χ4n) is 7.86. The lowest BCUT2D eigenvalue weighted by molar-refractivity contribution is -0.332. The van der Waals surface area contributed by atoms with Gasteiger partial charge in [-0.25, -0.2) is 0 Å². The van der Waals surface area contributed by atoms with Crippen molar-refractivity contribution in [2.45, 2.75) is 255 Å². The second-order valence-corrected chi connectivity index (χ2v) is 17.6. The van der Waals surface area contributed by atoms with Gasteiger partial charge in [0.2, 0.25) is 0 Å². The average Bonchev–Trinajstić information content (AvgIpc) is 3.28. The maximum atomic E-state index is 13.0. The van der Waals surface area contributed by atoms with Gasteiger partial charge >= 0.3 is 11.9 Å². The van der Waals surface area contributed by atoms with Crippen LogP contribution in [0.25, 0.3) is 0 Å².